The topological polar surface area (TPSA) is 89.1 Å². The van der Waals surface area contributed by atoms with Gasteiger partial charge in [-0.15, -0.1) is 0 Å². The van der Waals surface area contributed by atoms with Gasteiger partial charge >= 0.3 is 6.09 Å². The van der Waals surface area contributed by atoms with Gasteiger partial charge in [0.1, 0.15) is 17.1 Å². The third-order valence-electron chi connectivity index (χ3n) is 5.90. The van der Waals surface area contributed by atoms with Crippen molar-refractivity contribution in [3.63, 3.8) is 0 Å². The normalized spacial score (nSPS) is 21.3. The van der Waals surface area contributed by atoms with E-state index >= 15 is 0 Å². The fraction of sp³-hybridized carbons (Fsp3) is 0.667. The van der Waals surface area contributed by atoms with Crippen LogP contribution in [0.5, 0.6) is 11.5 Å². The second-order valence-corrected chi connectivity index (χ2v) is 9.49. The molecule has 0 spiro atoms. The standard InChI is InChI=1S/C24H37N3O5/c1-24(2,3)32-23(29)27-13-9-17(10-14-27)20-8-12-25-11-5-15-31-21-7-6-18(30-4)16-19(21)22(28)26-20/h6-7,16-17,20,25H,5,8-15H2,1-4H3,(H,26,28). The SMILES string of the molecule is COc1ccc2c(c1)C(=O)NC(C1CCN(C(=O)OC(C)(C)C)CC1)CCNCCCO2. The lowest BCUT2D eigenvalue weighted by atomic mass is 9.87. The summed E-state index contributed by atoms with van der Waals surface area (Å²) in [4.78, 5) is 27.4. The molecule has 2 N–H and O–H groups in total. The molecule has 1 atom stereocenters. The minimum Gasteiger partial charge on any atom is -0.497 e. The Bertz CT molecular complexity index is 784. The summed E-state index contributed by atoms with van der Waals surface area (Å²) in [6.45, 7) is 9.13. The monoisotopic (exact) mass is 447 g/mol. The van der Waals surface area contributed by atoms with Crippen molar-refractivity contribution in [3.05, 3.63) is 23.8 Å². The Kier molecular flexibility index (Phi) is 8.23. The first kappa shape index (κ1) is 24.2. The van der Waals surface area contributed by atoms with Crippen LogP contribution in [0.2, 0.25) is 0 Å². The summed E-state index contributed by atoms with van der Waals surface area (Å²) >= 11 is 0. The van der Waals surface area contributed by atoms with E-state index in [1.165, 1.54) is 0 Å². The molecule has 8 heteroatoms. The summed E-state index contributed by atoms with van der Waals surface area (Å²) in [5.41, 5.74) is -0.00785. The molecule has 0 bridgehead atoms. The van der Waals surface area contributed by atoms with Gasteiger partial charge in [0.25, 0.3) is 5.91 Å². The van der Waals surface area contributed by atoms with Gasteiger partial charge in [-0.2, -0.15) is 0 Å². The number of carbonyl (C=O) groups is 2. The number of fused-ring (bicyclic) bond motifs is 1. The number of piperidine rings is 1. The molecule has 178 valence electrons. The lowest BCUT2D eigenvalue weighted by Crippen LogP contribution is -2.48. The van der Waals surface area contributed by atoms with E-state index in [9.17, 15) is 9.59 Å². The molecule has 8 nitrogen and oxygen atoms in total. The van der Waals surface area contributed by atoms with Gasteiger partial charge in [0.2, 0.25) is 0 Å². The van der Waals surface area contributed by atoms with Crippen LogP contribution in [-0.2, 0) is 4.74 Å². The Labute approximate surface area is 191 Å². The van der Waals surface area contributed by atoms with Crippen LogP contribution in [0, 0.1) is 5.92 Å². The van der Waals surface area contributed by atoms with Gasteiger partial charge in [-0.25, -0.2) is 4.79 Å². The minimum atomic E-state index is -0.502. The van der Waals surface area contributed by atoms with Crippen molar-refractivity contribution in [2.24, 2.45) is 5.92 Å². The molecule has 1 unspecified atom stereocenters. The highest BCUT2D eigenvalue weighted by atomic mass is 16.6. The second kappa shape index (κ2) is 10.9. The highest BCUT2D eigenvalue weighted by Crippen LogP contribution is 2.27. The molecule has 1 saturated heterocycles. The van der Waals surface area contributed by atoms with E-state index in [-0.39, 0.29) is 24.0 Å². The maximum absolute atomic E-state index is 13.2. The van der Waals surface area contributed by atoms with Crippen molar-refractivity contribution in [1.29, 1.82) is 0 Å². The van der Waals surface area contributed by atoms with Crippen molar-refractivity contribution in [1.82, 2.24) is 15.5 Å². The number of methoxy groups -OCH3 is 1. The van der Waals surface area contributed by atoms with Gasteiger partial charge in [0.05, 0.1) is 19.3 Å². The summed E-state index contributed by atoms with van der Waals surface area (Å²) in [5, 5.41) is 6.69. The highest BCUT2D eigenvalue weighted by molar-refractivity contribution is 5.97. The Balaban J connectivity index is 1.69. The number of hydrogen-bond acceptors (Lipinski definition) is 6. The van der Waals surface area contributed by atoms with Crippen molar-refractivity contribution in [3.8, 4) is 11.5 Å². The largest absolute Gasteiger partial charge is 0.497 e. The Hall–Kier alpha value is -2.48. The number of nitrogens with zero attached hydrogens (tertiary/aromatic N) is 1. The van der Waals surface area contributed by atoms with Crippen LogP contribution in [0.25, 0.3) is 0 Å². The molecule has 0 aromatic heterocycles. The molecule has 2 heterocycles. The van der Waals surface area contributed by atoms with Gasteiger partial charge in [0.15, 0.2) is 0 Å². The molecule has 0 aliphatic carbocycles. The number of carbonyl (C=O) groups excluding carboxylic acids is 2. The van der Waals surface area contributed by atoms with Crippen molar-refractivity contribution < 1.29 is 23.8 Å². The summed E-state index contributed by atoms with van der Waals surface area (Å²) in [5.74, 6) is 1.33. The van der Waals surface area contributed by atoms with Gasteiger partial charge in [-0.05, 0) is 83.7 Å². The van der Waals surface area contributed by atoms with Crippen LogP contribution in [0.1, 0.15) is 56.8 Å². The van der Waals surface area contributed by atoms with Crippen molar-refractivity contribution >= 4 is 12.0 Å². The third-order valence-corrected chi connectivity index (χ3v) is 5.90. The van der Waals surface area contributed by atoms with E-state index in [2.05, 4.69) is 10.6 Å². The smallest absolute Gasteiger partial charge is 0.410 e. The van der Waals surface area contributed by atoms with Crippen molar-refractivity contribution in [2.45, 2.75) is 58.1 Å². The fourth-order valence-electron chi connectivity index (χ4n) is 4.18. The van der Waals surface area contributed by atoms with Crippen LogP contribution in [0.3, 0.4) is 0 Å². The molecule has 2 aliphatic rings. The maximum atomic E-state index is 13.2. The predicted octanol–water partition coefficient (Wildman–Crippen LogP) is 3.20. The maximum Gasteiger partial charge on any atom is 0.410 e. The van der Waals surface area contributed by atoms with Crippen LogP contribution in [0.4, 0.5) is 4.79 Å². The highest BCUT2D eigenvalue weighted by Gasteiger charge is 2.32. The third kappa shape index (κ3) is 6.76. The molecular formula is C24H37N3O5. The number of nitrogens with one attached hydrogen (secondary N) is 2. The number of hydrogen-bond donors (Lipinski definition) is 2. The number of likely N-dealkylation sites (tertiary alicyclic amines) is 1. The van der Waals surface area contributed by atoms with E-state index in [0.717, 1.165) is 38.8 Å². The van der Waals surface area contributed by atoms with Gasteiger partial charge in [0, 0.05) is 19.1 Å². The minimum absolute atomic E-state index is 0.00858. The second-order valence-electron chi connectivity index (χ2n) is 9.49. The van der Waals surface area contributed by atoms with E-state index in [1.807, 2.05) is 20.8 Å². The lowest BCUT2D eigenvalue weighted by molar-refractivity contribution is 0.0166. The zero-order valence-corrected chi connectivity index (χ0v) is 19.7. The Morgan fingerprint density at radius 3 is 2.59 bits per heavy atom. The predicted molar refractivity (Wildman–Crippen MR) is 122 cm³/mol. The Morgan fingerprint density at radius 1 is 1.16 bits per heavy atom. The molecule has 3 rings (SSSR count). The molecular weight excluding hydrogens is 410 g/mol. The molecule has 2 amide bonds. The summed E-state index contributed by atoms with van der Waals surface area (Å²) < 4.78 is 16.7. The molecule has 2 aliphatic heterocycles. The quantitative estimate of drug-likeness (QED) is 0.724. The number of ether oxygens (including phenoxy) is 3. The number of benzene rings is 1. The molecule has 1 aromatic rings. The number of amides is 2. The average molecular weight is 448 g/mol. The van der Waals surface area contributed by atoms with Crippen LogP contribution in [-0.4, -0.2) is 68.4 Å². The van der Waals surface area contributed by atoms with Crippen molar-refractivity contribution in [2.75, 3.05) is 39.9 Å². The first-order valence-electron chi connectivity index (χ1n) is 11.6. The first-order chi connectivity index (χ1) is 15.3. The average Bonchev–Trinajstić information content (AvgIpc) is 2.75. The summed E-state index contributed by atoms with van der Waals surface area (Å²) in [6, 6.07) is 5.34. The molecule has 0 radical (unpaired) electrons. The van der Waals surface area contributed by atoms with E-state index in [4.69, 9.17) is 14.2 Å². The molecule has 0 saturated carbocycles. The van der Waals surface area contributed by atoms with Gasteiger partial charge in [-0.1, -0.05) is 0 Å². The molecule has 1 aromatic carbocycles. The van der Waals surface area contributed by atoms with E-state index < -0.39 is 5.60 Å². The fourth-order valence-corrected chi connectivity index (χ4v) is 4.18. The zero-order valence-electron chi connectivity index (χ0n) is 19.7. The Morgan fingerprint density at radius 2 is 1.91 bits per heavy atom. The van der Waals surface area contributed by atoms with Crippen LogP contribution in [0.15, 0.2) is 18.2 Å². The lowest BCUT2D eigenvalue weighted by Gasteiger charge is -2.37. The van der Waals surface area contributed by atoms with Crippen LogP contribution >= 0.6 is 0 Å². The molecule has 1 fully saturated rings. The summed E-state index contributed by atoms with van der Waals surface area (Å²) in [7, 11) is 1.59. The molecule has 32 heavy (non-hydrogen) atoms. The van der Waals surface area contributed by atoms with Crippen LogP contribution < -0.4 is 20.1 Å². The van der Waals surface area contributed by atoms with Gasteiger partial charge in [-0.3, -0.25) is 4.79 Å². The van der Waals surface area contributed by atoms with E-state index in [0.29, 0.717) is 36.8 Å². The van der Waals surface area contributed by atoms with E-state index in [1.54, 1.807) is 30.2 Å². The summed E-state index contributed by atoms with van der Waals surface area (Å²) in [6.07, 6.45) is 3.09. The zero-order chi connectivity index (χ0) is 23.1. The number of rotatable bonds is 2. The van der Waals surface area contributed by atoms with Gasteiger partial charge < -0.3 is 29.7 Å². The first-order valence-corrected chi connectivity index (χ1v) is 11.6.